The average molecular weight is 325 g/mol. The van der Waals surface area contributed by atoms with Crippen molar-refractivity contribution in [3.8, 4) is 0 Å². The first kappa shape index (κ1) is 14.1. The molecule has 3 heterocycles. The number of nitrogens with zero attached hydrogens (tertiary/aromatic N) is 3. The molecule has 1 saturated heterocycles. The summed E-state index contributed by atoms with van der Waals surface area (Å²) in [6.07, 6.45) is 1.07. The van der Waals surface area contributed by atoms with Gasteiger partial charge in [-0.1, -0.05) is 29.4 Å². The molecular weight excluding hydrogens is 310 g/mol. The number of carbonyl (C=O) groups excluding carboxylic acids is 1. The summed E-state index contributed by atoms with van der Waals surface area (Å²) in [5, 5.41) is 6.11. The maximum Gasteiger partial charge on any atom is 0.231 e. The van der Waals surface area contributed by atoms with E-state index < -0.39 is 0 Å². The van der Waals surface area contributed by atoms with E-state index in [2.05, 4.69) is 10.1 Å². The van der Waals surface area contributed by atoms with Gasteiger partial charge in [-0.05, 0) is 23.6 Å². The second-order valence-corrected chi connectivity index (χ2v) is 6.58. The van der Waals surface area contributed by atoms with Crippen molar-refractivity contribution >= 4 is 22.9 Å². The summed E-state index contributed by atoms with van der Waals surface area (Å²) in [6.45, 7) is 0.598. The predicted molar refractivity (Wildman–Crippen MR) is 87.6 cm³/mol. The molecule has 1 amide bonds. The van der Waals surface area contributed by atoms with Gasteiger partial charge in [-0.15, -0.1) is 11.3 Å². The Bertz CT molecular complexity index is 798. The van der Waals surface area contributed by atoms with Crippen LogP contribution in [0, 0.1) is 0 Å². The van der Waals surface area contributed by atoms with E-state index in [9.17, 15) is 4.79 Å². The zero-order valence-electron chi connectivity index (χ0n) is 12.4. The minimum absolute atomic E-state index is 0.0106. The molecule has 1 aromatic carbocycles. The second-order valence-electron chi connectivity index (χ2n) is 5.54. The Hall–Kier alpha value is -2.47. The van der Waals surface area contributed by atoms with E-state index in [-0.39, 0.29) is 11.8 Å². The number of hydrogen-bond acceptors (Lipinski definition) is 5. The van der Waals surface area contributed by atoms with Crippen molar-refractivity contribution in [2.75, 3.05) is 11.4 Å². The molecule has 4 rings (SSSR count). The number of thiophene rings is 1. The van der Waals surface area contributed by atoms with E-state index in [1.807, 2.05) is 47.8 Å². The lowest BCUT2D eigenvalue weighted by Gasteiger charge is -2.15. The smallest absolute Gasteiger partial charge is 0.231 e. The van der Waals surface area contributed by atoms with Gasteiger partial charge in [0, 0.05) is 29.4 Å². The standard InChI is InChI=1S/C17H15N3O2S/c21-16-9-12(11-20(16)13-5-2-1-3-6-13)17-18-15(22-19-17)10-14-7-4-8-23-14/h1-8,12H,9-11H2. The molecular formula is C17H15N3O2S. The molecule has 1 atom stereocenters. The van der Waals surface area contributed by atoms with Crippen LogP contribution >= 0.6 is 11.3 Å². The van der Waals surface area contributed by atoms with Gasteiger partial charge < -0.3 is 9.42 Å². The molecule has 0 bridgehead atoms. The molecule has 1 aliphatic rings. The van der Waals surface area contributed by atoms with E-state index in [0.717, 1.165) is 5.69 Å². The second kappa shape index (κ2) is 5.96. The van der Waals surface area contributed by atoms with Gasteiger partial charge in [-0.25, -0.2) is 0 Å². The van der Waals surface area contributed by atoms with Gasteiger partial charge in [0.05, 0.1) is 6.42 Å². The van der Waals surface area contributed by atoms with Gasteiger partial charge >= 0.3 is 0 Å². The molecule has 0 saturated carbocycles. The molecule has 116 valence electrons. The normalized spacial score (nSPS) is 17.8. The SMILES string of the molecule is O=C1CC(c2noc(Cc3cccs3)n2)CN1c1ccccc1. The number of hydrogen-bond donors (Lipinski definition) is 0. The summed E-state index contributed by atoms with van der Waals surface area (Å²) in [6, 6.07) is 13.7. The first-order valence-electron chi connectivity index (χ1n) is 7.50. The lowest BCUT2D eigenvalue weighted by molar-refractivity contribution is -0.117. The van der Waals surface area contributed by atoms with Gasteiger partial charge in [0.15, 0.2) is 5.82 Å². The number of rotatable bonds is 4. The van der Waals surface area contributed by atoms with Crippen molar-refractivity contribution < 1.29 is 9.32 Å². The maximum absolute atomic E-state index is 12.3. The topological polar surface area (TPSA) is 59.2 Å². The van der Waals surface area contributed by atoms with Crippen LogP contribution in [0.3, 0.4) is 0 Å². The zero-order valence-corrected chi connectivity index (χ0v) is 13.2. The van der Waals surface area contributed by atoms with Crippen LogP contribution in [-0.2, 0) is 11.2 Å². The van der Waals surface area contributed by atoms with Gasteiger partial charge in [-0.2, -0.15) is 4.98 Å². The lowest BCUT2D eigenvalue weighted by Crippen LogP contribution is -2.24. The lowest BCUT2D eigenvalue weighted by atomic mass is 10.1. The molecule has 6 heteroatoms. The molecule has 1 aliphatic heterocycles. The van der Waals surface area contributed by atoms with Crippen molar-refractivity contribution in [1.29, 1.82) is 0 Å². The van der Waals surface area contributed by atoms with Crippen molar-refractivity contribution in [2.45, 2.75) is 18.8 Å². The van der Waals surface area contributed by atoms with Gasteiger partial charge in [0.1, 0.15) is 0 Å². The number of anilines is 1. The molecule has 1 unspecified atom stereocenters. The molecule has 3 aromatic rings. The van der Waals surface area contributed by atoms with Crippen LogP contribution in [0.15, 0.2) is 52.4 Å². The van der Waals surface area contributed by atoms with Crippen LogP contribution in [0.2, 0.25) is 0 Å². The molecule has 23 heavy (non-hydrogen) atoms. The Labute approximate surface area is 137 Å². The highest BCUT2D eigenvalue weighted by molar-refractivity contribution is 7.09. The van der Waals surface area contributed by atoms with Crippen LogP contribution in [0.4, 0.5) is 5.69 Å². The van der Waals surface area contributed by atoms with E-state index in [0.29, 0.717) is 31.1 Å². The van der Waals surface area contributed by atoms with Crippen molar-refractivity contribution in [2.24, 2.45) is 0 Å². The number of para-hydroxylation sites is 1. The Morgan fingerprint density at radius 2 is 2.09 bits per heavy atom. The summed E-state index contributed by atoms with van der Waals surface area (Å²) in [7, 11) is 0. The summed E-state index contributed by atoms with van der Waals surface area (Å²) in [5.74, 6) is 1.32. The van der Waals surface area contributed by atoms with E-state index >= 15 is 0 Å². The monoisotopic (exact) mass is 325 g/mol. The third-order valence-corrected chi connectivity index (χ3v) is 4.82. The Morgan fingerprint density at radius 3 is 2.87 bits per heavy atom. The maximum atomic E-state index is 12.3. The highest BCUT2D eigenvalue weighted by Crippen LogP contribution is 2.30. The van der Waals surface area contributed by atoms with Gasteiger partial charge in [0.2, 0.25) is 11.8 Å². The Kier molecular flexibility index (Phi) is 3.67. The van der Waals surface area contributed by atoms with Crippen LogP contribution in [-0.4, -0.2) is 22.6 Å². The Balaban J connectivity index is 1.49. The van der Waals surface area contributed by atoms with Crippen LogP contribution < -0.4 is 4.90 Å². The van der Waals surface area contributed by atoms with E-state index in [1.54, 1.807) is 16.2 Å². The first-order chi connectivity index (χ1) is 11.3. The van der Waals surface area contributed by atoms with Crippen molar-refractivity contribution in [1.82, 2.24) is 10.1 Å². The molecule has 1 fully saturated rings. The average Bonchev–Trinajstić information content (AvgIpc) is 3.30. The van der Waals surface area contributed by atoms with Gasteiger partial charge in [0.25, 0.3) is 0 Å². The van der Waals surface area contributed by atoms with E-state index in [1.165, 1.54) is 4.88 Å². The fourth-order valence-corrected chi connectivity index (χ4v) is 3.50. The predicted octanol–water partition coefficient (Wildman–Crippen LogP) is 3.24. The summed E-state index contributed by atoms with van der Waals surface area (Å²) >= 11 is 1.67. The van der Waals surface area contributed by atoms with Crippen LogP contribution in [0.5, 0.6) is 0 Å². The molecule has 0 radical (unpaired) electrons. The van der Waals surface area contributed by atoms with Crippen LogP contribution in [0.25, 0.3) is 0 Å². The third kappa shape index (κ3) is 2.90. The van der Waals surface area contributed by atoms with Crippen molar-refractivity contribution in [3.63, 3.8) is 0 Å². The summed E-state index contributed by atoms with van der Waals surface area (Å²) in [5.41, 5.74) is 0.919. The number of carbonyl (C=O) groups is 1. The largest absolute Gasteiger partial charge is 0.339 e. The zero-order chi connectivity index (χ0) is 15.6. The van der Waals surface area contributed by atoms with Crippen LogP contribution in [0.1, 0.15) is 28.9 Å². The number of benzene rings is 1. The van der Waals surface area contributed by atoms with Crippen molar-refractivity contribution in [3.05, 3.63) is 64.4 Å². The molecule has 5 nitrogen and oxygen atoms in total. The third-order valence-electron chi connectivity index (χ3n) is 3.95. The fourth-order valence-electron chi connectivity index (χ4n) is 2.81. The summed E-state index contributed by atoms with van der Waals surface area (Å²) in [4.78, 5) is 19.7. The van der Waals surface area contributed by atoms with Gasteiger partial charge in [-0.3, -0.25) is 4.79 Å². The minimum Gasteiger partial charge on any atom is -0.339 e. The fraction of sp³-hybridized carbons (Fsp3) is 0.235. The highest BCUT2D eigenvalue weighted by Gasteiger charge is 2.34. The quantitative estimate of drug-likeness (QED) is 0.739. The molecule has 0 N–H and O–H groups in total. The molecule has 0 aliphatic carbocycles. The number of amides is 1. The summed E-state index contributed by atoms with van der Waals surface area (Å²) < 4.78 is 5.34. The first-order valence-corrected chi connectivity index (χ1v) is 8.38. The highest BCUT2D eigenvalue weighted by atomic mass is 32.1. The minimum atomic E-state index is -0.0106. The Morgan fingerprint density at radius 1 is 1.22 bits per heavy atom. The number of aromatic nitrogens is 2. The molecule has 0 spiro atoms. The molecule has 2 aromatic heterocycles. The van der Waals surface area contributed by atoms with E-state index in [4.69, 9.17) is 4.52 Å².